The SMILES string of the molecule is CC1(C)CCC(C(CC(=O)O)(C(=O)O)C(C(=O)O)(C2CCC(C)(C)N(O)C2(C)C)C(C(=O)O)(C2CCC(C)(C)N(O)C2(C)C)C2CCC(C)(C)N(O)C2(C)C)C(C)(C)N1O. The second-order valence-electron chi connectivity index (χ2n) is 23.6. The van der Waals surface area contributed by atoms with Crippen molar-refractivity contribution in [3.05, 3.63) is 0 Å². The van der Waals surface area contributed by atoms with E-state index >= 15 is 14.4 Å². The standard InChI is InChI=1S/C44H78N4O12/c1-34(2)21-17-26(38(9,10)45(34)57)42(31(51)52,25-30(49)50)44(33(55)56,29-20-24-37(7,8)48(60)41(29,15)16)43(32(53)54,27-18-22-35(3,4)46(58)39(27,11)12)28-19-23-36(5,6)47(59)40(28,13)14/h26-29,57-60H,17-25H2,1-16H3,(H,49,50)(H,51,52)(H,53,54)(H,55,56). The molecule has 0 radical (unpaired) electrons. The Morgan fingerprint density at radius 1 is 0.433 bits per heavy atom. The topological polar surface area (TPSA) is 243 Å². The molecule has 4 fully saturated rings. The molecule has 346 valence electrons. The van der Waals surface area contributed by atoms with Crippen LogP contribution in [0.1, 0.15) is 169 Å². The van der Waals surface area contributed by atoms with Gasteiger partial charge < -0.3 is 41.3 Å². The second-order valence-corrected chi connectivity index (χ2v) is 23.6. The number of aliphatic carboxylic acids is 4. The van der Waals surface area contributed by atoms with Gasteiger partial charge in [0.15, 0.2) is 0 Å². The summed E-state index contributed by atoms with van der Waals surface area (Å²) < 4.78 is 0. The van der Waals surface area contributed by atoms with Crippen molar-refractivity contribution in [1.82, 2.24) is 20.3 Å². The van der Waals surface area contributed by atoms with Gasteiger partial charge in [-0.15, -0.1) is 0 Å². The minimum Gasteiger partial charge on any atom is -0.481 e. The molecule has 0 aliphatic carbocycles. The summed E-state index contributed by atoms with van der Waals surface area (Å²) in [6.07, 6.45) is -1.34. The molecular weight excluding hydrogens is 776 g/mol. The van der Waals surface area contributed by atoms with Crippen molar-refractivity contribution in [3.8, 4) is 0 Å². The number of piperidine rings is 4. The Bertz CT molecular complexity index is 1680. The Morgan fingerprint density at radius 3 is 0.967 bits per heavy atom. The largest absolute Gasteiger partial charge is 0.481 e. The first-order valence-corrected chi connectivity index (χ1v) is 21.6. The fraction of sp³-hybridized carbons (Fsp3) is 0.909. The minimum absolute atomic E-state index is 0.0444. The van der Waals surface area contributed by atoms with Gasteiger partial charge in [-0.05, 0) is 186 Å². The predicted molar refractivity (Wildman–Crippen MR) is 220 cm³/mol. The maximum atomic E-state index is 15.9. The van der Waals surface area contributed by atoms with Crippen molar-refractivity contribution in [3.63, 3.8) is 0 Å². The average molecular weight is 855 g/mol. The number of carboxylic acids is 4. The van der Waals surface area contributed by atoms with E-state index in [9.17, 15) is 46.0 Å². The average Bonchev–Trinajstić information content (AvgIpc) is 3.07. The van der Waals surface area contributed by atoms with Gasteiger partial charge in [-0.1, -0.05) is 0 Å². The number of carbonyl (C=O) groups is 4. The summed E-state index contributed by atoms with van der Waals surface area (Å²) in [4.78, 5) is 60.8. The highest BCUT2D eigenvalue weighted by Crippen LogP contribution is 2.76. The first-order chi connectivity index (χ1) is 26.7. The molecule has 0 spiro atoms. The maximum absolute atomic E-state index is 15.9. The Hall–Kier alpha value is -2.44. The van der Waals surface area contributed by atoms with Gasteiger partial charge in [0.1, 0.15) is 10.8 Å². The molecule has 0 aromatic rings. The van der Waals surface area contributed by atoms with Crippen LogP contribution in [-0.4, -0.2) is 130 Å². The molecule has 16 heteroatoms. The lowest BCUT2D eigenvalue weighted by Crippen LogP contribution is -2.84. The molecule has 0 aromatic carbocycles. The number of nitrogens with zero attached hydrogens (tertiary/aromatic N) is 4. The smallest absolute Gasteiger partial charge is 0.312 e. The fourth-order valence-corrected chi connectivity index (χ4v) is 14.6. The summed E-state index contributed by atoms with van der Waals surface area (Å²) in [5, 5.41) is 102. The lowest BCUT2D eigenvalue weighted by molar-refractivity contribution is -0.351. The molecule has 4 aliphatic rings. The zero-order chi connectivity index (χ0) is 46.8. The number of carboxylic acid groups (broad SMARTS) is 4. The first-order valence-electron chi connectivity index (χ1n) is 21.6. The van der Waals surface area contributed by atoms with E-state index in [0.29, 0.717) is 0 Å². The van der Waals surface area contributed by atoms with Gasteiger partial charge in [-0.25, -0.2) is 0 Å². The van der Waals surface area contributed by atoms with Gasteiger partial charge in [0.2, 0.25) is 0 Å². The van der Waals surface area contributed by atoms with Gasteiger partial charge in [-0.3, -0.25) is 19.2 Å². The molecule has 8 N–H and O–H groups in total. The highest BCUT2D eigenvalue weighted by Gasteiger charge is 2.87. The van der Waals surface area contributed by atoms with Crippen molar-refractivity contribution in [2.45, 2.75) is 213 Å². The number of hydroxylamine groups is 8. The number of rotatable bonds is 11. The number of hydrogen-bond acceptors (Lipinski definition) is 12. The molecule has 16 nitrogen and oxygen atoms in total. The van der Waals surface area contributed by atoms with Crippen LogP contribution in [0.25, 0.3) is 0 Å². The van der Waals surface area contributed by atoms with E-state index in [0.717, 1.165) is 20.3 Å². The van der Waals surface area contributed by atoms with Crippen LogP contribution in [0, 0.1) is 39.9 Å². The van der Waals surface area contributed by atoms with Gasteiger partial charge in [0.05, 0.1) is 11.8 Å². The highest BCUT2D eigenvalue weighted by molar-refractivity contribution is 5.97. The van der Waals surface area contributed by atoms with E-state index in [1.807, 2.05) is 0 Å². The van der Waals surface area contributed by atoms with Gasteiger partial charge >= 0.3 is 23.9 Å². The molecule has 6 atom stereocenters. The van der Waals surface area contributed by atoms with Crippen molar-refractivity contribution < 1.29 is 60.4 Å². The third-order valence-corrected chi connectivity index (χ3v) is 17.1. The molecular formula is C44H78N4O12. The van der Waals surface area contributed by atoms with E-state index in [-0.39, 0.29) is 51.4 Å². The van der Waals surface area contributed by atoms with Gasteiger partial charge in [0, 0.05) is 44.3 Å². The monoisotopic (exact) mass is 855 g/mol. The maximum Gasteiger partial charge on any atom is 0.312 e. The van der Waals surface area contributed by atoms with Crippen LogP contribution in [-0.2, 0) is 19.2 Å². The van der Waals surface area contributed by atoms with E-state index in [2.05, 4.69) is 0 Å². The molecule has 4 aliphatic heterocycles. The molecule has 0 aromatic heterocycles. The third kappa shape index (κ3) is 6.58. The Labute approximate surface area is 356 Å². The van der Waals surface area contributed by atoms with Gasteiger partial charge in [-0.2, -0.15) is 20.3 Å². The minimum atomic E-state index is -3.20. The lowest BCUT2D eigenvalue weighted by Gasteiger charge is -2.73. The summed E-state index contributed by atoms with van der Waals surface area (Å²) in [6.45, 7) is 26.6. The van der Waals surface area contributed by atoms with Crippen molar-refractivity contribution in [2.75, 3.05) is 0 Å². The summed E-state index contributed by atoms with van der Waals surface area (Å²) in [7, 11) is 0. The van der Waals surface area contributed by atoms with Crippen molar-refractivity contribution in [1.29, 1.82) is 0 Å². The third-order valence-electron chi connectivity index (χ3n) is 17.1. The molecule has 6 unspecified atom stereocenters. The van der Waals surface area contributed by atoms with E-state index in [1.165, 1.54) is 13.8 Å². The molecule has 4 rings (SSSR count). The van der Waals surface area contributed by atoms with Crippen molar-refractivity contribution in [2.24, 2.45) is 39.9 Å². The van der Waals surface area contributed by atoms with E-state index in [4.69, 9.17) is 0 Å². The van der Waals surface area contributed by atoms with Crippen LogP contribution in [0.2, 0.25) is 0 Å². The zero-order valence-electron chi connectivity index (χ0n) is 39.2. The molecule has 0 bridgehead atoms. The van der Waals surface area contributed by atoms with Crippen LogP contribution in [0.5, 0.6) is 0 Å². The fourth-order valence-electron chi connectivity index (χ4n) is 14.6. The Kier molecular flexibility index (Phi) is 12.4. The summed E-state index contributed by atoms with van der Waals surface area (Å²) in [5.74, 6) is -13.2. The Morgan fingerprint density at radius 2 is 0.700 bits per heavy atom. The highest BCUT2D eigenvalue weighted by atomic mass is 16.5. The molecule has 60 heavy (non-hydrogen) atoms. The zero-order valence-corrected chi connectivity index (χ0v) is 39.2. The lowest BCUT2D eigenvalue weighted by atomic mass is 9.30. The molecule has 0 amide bonds. The van der Waals surface area contributed by atoms with Crippen LogP contribution < -0.4 is 0 Å². The van der Waals surface area contributed by atoms with E-state index < -0.39 is 115 Å². The van der Waals surface area contributed by atoms with Crippen LogP contribution in [0.15, 0.2) is 0 Å². The summed E-state index contributed by atoms with van der Waals surface area (Å²) >= 11 is 0. The first kappa shape index (κ1) is 50.2. The van der Waals surface area contributed by atoms with Gasteiger partial charge in [0.25, 0.3) is 0 Å². The van der Waals surface area contributed by atoms with Crippen molar-refractivity contribution >= 4 is 23.9 Å². The van der Waals surface area contributed by atoms with Crippen LogP contribution >= 0.6 is 0 Å². The Balaban J connectivity index is 2.54. The van der Waals surface area contributed by atoms with Crippen LogP contribution in [0.3, 0.4) is 0 Å². The molecule has 4 saturated heterocycles. The quantitative estimate of drug-likeness (QED) is 0.102. The summed E-state index contributed by atoms with van der Waals surface area (Å²) in [6, 6.07) is 0. The summed E-state index contributed by atoms with van der Waals surface area (Å²) in [5.41, 5.74) is -19.8. The predicted octanol–water partition coefficient (Wildman–Crippen LogP) is 7.31. The normalized spacial score (nSPS) is 34.3. The van der Waals surface area contributed by atoms with Crippen LogP contribution in [0.4, 0.5) is 0 Å². The molecule has 0 saturated carbocycles. The number of hydrogen-bond donors (Lipinski definition) is 8. The van der Waals surface area contributed by atoms with E-state index in [1.54, 1.807) is 96.9 Å². The second kappa shape index (κ2) is 14.8. The molecule has 4 heterocycles.